The Kier molecular flexibility index (Phi) is 3.80. The predicted molar refractivity (Wildman–Crippen MR) is 67.1 cm³/mol. The van der Waals surface area contributed by atoms with Crippen molar-refractivity contribution in [3.8, 4) is 0 Å². The molecule has 0 spiro atoms. The standard InChI is InChI=1S/C13H16N2O4/c1-8-6-15(7-9(2)19-8)12(16)11-5-10(13(17)18)3-4-14-11/h3-5,8-9H,6-7H2,1-2H3,(H,17,18). The summed E-state index contributed by atoms with van der Waals surface area (Å²) in [7, 11) is 0. The van der Waals surface area contributed by atoms with Gasteiger partial charge in [-0.15, -0.1) is 0 Å². The predicted octanol–water partition coefficient (Wildman–Crippen LogP) is 1.03. The number of carbonyl (C=O) groups excluding carboxylic acids is 1. The van der Waals surface area contributed by atoms with Crippen molar-refractivity contribution >= 4 is 11.9 Å². The largest absolute Gasteiger partial charge is 0.478 e. The molecule has 0 aromatic carbocycles. The van der Waals surface area contributed by atoms with E-state index in [1.807, 2.05) is 13.8 Å². The minimum absolute atomic E-state index is 0.0321. The van der Waals surface area contributed by atoms with Crippen LogP contribution in [0, 0.1) is 0 Å². The summed E-state index contributed by atoms with van der Waals surface area (Å²) in [5.74, 6) is -1.33. The zero-order valence-corrected chi connectivity index (χ0v) is 10.9. The molecule has 2 rings (SSSR count). The lowest BCUT2D eigenvalue weighted by molar-refractivity contribution is -0.0587. The van der Waals surface area contributed by atoms with Gasteiger partial charge < -0.3 is 14.7 Å². The Morgan fingerprint density at radius 3 is 2.58 bits per heavy atom. The molecule has 6 nitrogen and oxygen atoms in total. The second-order valence-corrected chi connectivity index (χ2v) is 4.70. The van der Waals surface area contributed by atoms with E-state index in [0.717, 1.165) is 0 Å². The van der Waals surface area contributed by atoms with Crippen LogP contribution in [-0.2, 0) is 4.74 Å². The van der Waals surface area contributed by atoms with Crippen LogP contribution in [0.25, 0.3) is 0 Å². The van der Waals surface area contributed by atoms with E-state index >= 15 is 0 Å². The van der Waals surface area contributed by atoms with Crippen molar-refractivity contribution in [2.24, 2.45) is 0 Å². The lowest BCUT2D eigenvalue weighted by atomic mass is 10.2. The number of morpholine rings is 1. The fraction of sp³-hybridized carbons (Fsp3) is 0.462. The summed E-state index contributed by atoms with van der Waals surface area (Å²) in [6.45, 7) is 4.78. The minimum atomic E-state index is -1.07. The molecule has 102 valence electrons. The van der Waals surface area contributed by atoms with Crippen LogP contribution < -0.4 is 0 Å². The van der Waals surface area contributed by atoms with Gasteiger partial charge in [0.15, 0.2) is 0 Å². The lowest BCUT2D eigenvalue weighted by Gasteiger charge is -2.35. The van der Waals surface area contributed by atoms with Gasteiger partial charge in [-0.1, -0.05) is 0 Å². The average Bonchev–Trinajstić information content (AvgIpc) is 2.37. The Morgan fingerprint density at radius 2 is 2.00 bits per heavy atom. The van der Waals surface area contributed by atoms with Crippen LogP contribution >= 0.6 is 0 Å². The summed E-state index contributed by atoms with van der Waals surface area (Å²) in [5.41, 5.74) is 0.217. The third-order valence-corrected chi connectivity index (χ3v) is 2.93. The van der Waals surface area contributed by atoms with E-state index in [1.165, 1.54) is 18.3 Å². The van der Waals surface area contributed by atoms with E-state index in [2.05, 4.69) is 4.98 Å². The molecule has 2 atom stereocenters. The highest BCUT2D eigenvalue weighted by Gasteiger charge is 2.27. The number of ether oxygens (including phenoxy) is 1. The Hall–Kier alpha value is -1.95. The molecule has 1 aromatic rings. The van der Waals surface area contributed by atoms with Crippen molar-refractivity contribution in [1.29, 1.82) is 0 Å². The molecule has 0 aliphatic carbocycles. The topological polar surface area (TPSA) is 79.7 Å². The van der Waals surface area contributed by atoms with Crippen LogP contribution in [0.4, 0.5) is 0 Å². The first-order valence-corrected chi connectivity index (χ1v) is 6.11. The summed E-state index contributed by atoms with van der Waals surface area (Å²) in [5, 5.41) is 8.91. The maximum atomic E-state index is 12.3. The minimum Gasteiger partial charge on any atom is -0.478 e. The number of nitrogens with zero attached hydrogens (tertiary/aromatic N) is 2. The van der Waals surface area contributed by atoms with Gasteiger partial charge in [0.25, 0.3) is 5.91 Å². The number of hydrogen-bond acceptors (Lipinski definition) is 4. The fourth-order valence-electron chi connectivity index (χ4n) is 2.19. The quantitative estimate of drug-likeness (QED) is 0.863. The van der Waals surface area contributed by atoms with Crippen molar-refractivity contribution < 1.29 is 19.4 Å². The van der Waals surface area contributed by atoms with E-state index < -0.39 is 5.97 Å². The fourth-order valence-corrected chi connectivity index (χ4v) is 2.19. The number of carboxylic acid groups (broad SMARTS) is 1. The number of aromatic nitrogens is 1. The van der Waals surface area contributed by atoms with Crippen molar-refractivity contribution in [3.63, 3.8) is 0 Å². The summed E-state index contributed by atoms with van der Waals surface area (Å²) >= 11 is 0. The third kappa shape index (κ3) is 3.08. The maximum absolute atomic E-state index is 12.3. The molecule has 19 heavy (non-hydrogen) atoms. The van der Waals surface area contributed by atoms with Gasteiger partial charge in [0.1, 0.15) is 5.69 Å². The smallest absolute Gasteiger partial charge is 0.335 e. The number of pyridine rings is 1. The molecule has 1 N–H and O–H groups in total. The highest BCUT2D eigenvalue weighted by atomic mass is 16.5. The molecule has 1 aliphatic heterocycles. The van der Waals surface area contributed by atoms with E-state index in [4.69, 9.17) is 9.84 Å². The van der Waals surface area contributed by atoms with E-state index in [-0.39, 0.29) is 29.4 Å². The van der Waals surface area contributed by atoms with Crippen molar-refractivity contribution in [2.45, 2.75) is 26.1 Å². The molecule has 1 aromatic heterocycles. The molecule has 0 bridgehead atoms. The number of aromatic carboxylic acids is 1. The Bertz CT molecular complexity index is 493. The molecular formula is C13H16N2O4. The Labute approximate surface area is 111 Å². The van der Waals surface area contributed by atoms with Gasteiger partial charge in [-0.25, -0.2) is 4.79 Å². The van der Waals surface area contributed by atoms with Gasteiger partial charge in [0.05, 0.1) is 17.8 Å². The molecular weight excluding hydrogens is 248 g/mol. The van der Waals surface area contributed by atoms with E-state index in [9.17, 15) is 9.59 Å². The number of rotatable bonds is 2. The van der Waals surface area contributed by atoms with Gasteiger partial charge in [-0.3, -0.25) is 9.78 Å². The van der Waals surface area contributed by atoms with Gasteiger partial charge in [-0.05, 0) is 26.0 Å². The first kappa shape index (κ1) is 13.5. The molecule has 0 saturated carbocycles. The third-order valence-electron chi connectivity index (χ3n) is 2.93. The summed E-state index contributed by atoms with van der Waals surface area (Å²) < 4.78 is 5.56. The number of carboxylic acids is 1. The van der Waals surface area contributed by atoms with Gasteiger partial charge >= 0.3 is 5.97 Å². The maximum Gasteiger partial charge on any atom is 0.335 e. The van der Waals surface area contributed by atoms with Crippen molar-refractivity contribution in [3.05, 3.63) is 29.6 Å². The summed E-state index contributed by atoms with van der Waals surface area (Å²) in [6, 6.07) is 2.67. The molecule has 1 amide bonds. The van der Waals surface area contributed by atoms with Crippen LogP contribution in [0.3, 0.4) is 0 Å². The molecule has 2 unspecified atom stereocenters. The van der Waals surface area contributed by atoms with Crippen LogP contribution in [-0.4, -0.2) is 52.2 Å². The molecule has 6 heteroatoms. The normalized spacial score (nSPS) is 23.2. The first-order chi connectivity index (χ1) is 8.97. The zero-order chi connectivity index (χ0) is 14.0. The van der Waals surface area contributed by atoms with Crippen LogP contribution in [0.5, 0.6) is 0 Å². The lowest BCUT2D eigenvalue weighted by Crippen LogP contribution is -2.48. The SMILES string of the molecule is CC1CN(C(=O)c2cc(C(=O)O)ccn2)CC(C)O1. The van der Waals surface area contributed by atoms with Gasteiger partial charge in [0.2, 0.25) is 0 Å². The van der Waals surface area contributed by atoms with E-state index in [1.54, 1.807) is 4.90 Å². The number of hydrogen-bond donors (Lipinski definition) is 1. The summed E-state index contributed by atoms with van der Waals surface area (Å²) in [4.78, 5) is 28.8. The molecule has 1 fully saturated rings. The van der Waals surface area contributed by atoms with Crippen LogP contribution in [0.1, 0.15) is 34.7 Å². The van der Waals surface area contributed by atoms with E-state index in [0.29, 0.717) is 13.1 Å². The monoisotopic (exact) mass is 264 g/mol. The van der Waals surface area contributed by atoms with Gasteiger partial charge in [-0.2, -0.15) is 0 Å². The number of amides is 1. The molecule has 1 saturated heterocycles. The Balaban J connectivity index is 2.19. The highest BCUT2D eigenvalue weighted by Crippen LogP contribution is 2.14. The average molecular weight is 264 g/mol. The van der Waals surface area contributed by atoms with Crippen LogP contribution in [0.15, 0.2) is 18.3 Å². The second-order valence-electron chi connectivity index (χ2n) is 4.70. The summed E-state index contributed by atoms with van der Waals surface area (Å²) in [6.07, 6.45) is 1.27. The van der Waals surface area contributed by atoms with Crippen LogP contribution in [0.2, 0.25) is 0 Å². The second kappa shape index (κ2) is 5.36. The highest BCUT2D eigenvalue weighted by molar-refractivity contribution is 5.95. The molecule has 1 aliphatic rings. The zero-order valence-electron chi connectivity index (χ0n) is 10.9. The first-order valence-electron chi connectivity index (χ1n) is 6.11. The van der Waals surface area contributed by atoms with Gasteiger partial charge in [0, 0.05) is 19.3 Å². The van der Waals surface area contributed by atoms with Crippen molar-refractivity contribution in [1.82, 2.24) is 9.88 Å². The number of carbonyl (C=O) groups is 2. The Morgan fingerprint density at radius 1 is 1.37 bits per heavy atom. The molecule has 2 heterocycles. The van der Waals surface area contributed by atoms with Crippen molar-refractivity contribution in [2.75, 3.05) is 13.1 Å². The molecule has 0 radical (unpaired) electrons.